The van der Waals surface area contributed by atoms with E-state index in [2.05, 4.69) is 46.5 Å². The highest BCUT2D eigenvalue weighted by Gasteiger charge is 2.40. The lowest BCUT2D eigenvalue weighted by molar-refractivity contribution is -0.134. The van der Waals surface area contributed by atoms with Crippen LogP contribution in [0, 0.1) is 17.3 Å². The molecule has 2 aliphatic carbocycles. The van der Waals surface area contributed by atoms with Crippen molar-refractivity contribution in [1.82, 2.24) is 20.3 Å². The number of ether oxygens (including phenoxy) is 1. The van der Waals surface area contributed by atoms with Gasteiger partial charge in [-0.05, 0) is 103 Å². The first kappa shape index (κ1) is 32.0. The number of nitrogens with one attached hydrogen (secondary N) is 1. The van der Waals surface area contributed by atoms with Crippen LogP contribution in [0.3, 0.4) is 0 Å². The lowest BCUT2D eigenvalue weighted by Crippen LogP contribution is -2.50. The van der Waals surface area contributed by atoms with E-state index in [4.69, 9.17) is 9.26 Å². The van der Waals surface area contributed by atoms with E-state index >= 15 is 0 Å². The third kappa shape index (κ3) is 7.81. The lowest BCUT2D eigenvalue weighted by Gasteiger charge is -2.42. The normalized spacial score (nSPS) is 19.9. The summed E-state index contributed by atoms with van der Waals surface area (Å²) in [6.07, 6.45) is 12.8. The standard InChI is InChI=1S/C30H46N4O3.2ClH/c1-31-29(35)30(15-5-4-6-16-30)21-34-17-13-22(14-18-34)9-11-26-24-10-12-27(36-20-23-7-8-23)25(19-33(2)3)28(24)37-32-26;;/h10,12,22-23H,4-9,11,13-21H2,1-3H3,(H,31,35);2*1H. The van der Waals surface area contributed by atoms with Crippen molar-refractivity contribution < 1.29 is 14.1 Å². The maximum Gasteiger partial charge on any atom is 0.227 e. The number of halogens is 2. The second-order valence-electron chi connectivity index (χ2n) is 12.2. The summed E-state index contributed by atoms with van der Waals surface area (Å²) in [5.74, 6) is 2.61. The molecule has 9 heteroatoms. The molecule has 0 bridgehead atoms. The molecule has 3 fully saturated rings. The first-order valence-electron chi connectivity index (χ1n) is 14.6. The summed E-state index contributed by atoms with van der Waals surface area (Å²) in [6, 6.07) is 4.27. The number of amides is 1. The zero-order chi connectivity index (χ0) is 25.8. The molecule has 2 aromatic rings. The third-order valence-corrected chi connectivity index (χ3v) is 8.96. The van der Waals surface area contributed by atoms with Gasteiger partial charge in [-0.15, -0.1) is 24.8 Å². The van der Waals surface area contributed by atoms with Gasteiger partial charge in [0.15, 0.2) is 5.58 Å². The Morgan fingerprint density at radius 2 is 1.82 bits per heavy atom. The van der Waals surface area contributed by atoms with Gasteiger partial charge in [0, 0.05) is 25.5 Å². The summed E-state index contributed by atoms with van der Waals surface area (Å²) in [5.41, 5.74) is 2.90. The molecule has 2 heterocycles. The zero-order valence-corrected chi connectivity index (χ0v) is 25.6. The Hall–Kier alpha value is -1.54. The van der Waals surface area contributed by atoms with Crippen molar-refractivity contribution in [2.75, 3.05) is 47.4 Å². The fraction of sp³-hybridized carbons (Fsp3) is 0.733. The molecule has 0 atom stereocenters. The van der Waals surface area contributed by atoms with Crippen LogP contribution in [-0.4, -0.2) is 68.2 Å². The first-order valence-corrected chi connectivity index (χ1v) is 14.6. The van der Waals surface area contributed by atoms with Crippen LogP contribution in [0.2, 0.25) is 0 Å². The molecule has 0 radical (unpaired) electrons. The molecule has 1 amide bonds. The number of benzene rings is 1. The Morgan fingerprint density at radius 1 is 1.10 bits per heavy atom. The molecular weight excluding hydrogens is 535 g/mol. The molecular formula is C30H48Cl2N4O3. The van der Waals surface area contributed by atoms with Crippen molar-refractivity contribution in [3.63, 3.8) is 0 Å². The first-order chi connectivity index (χ1) is 18.0. The van der Waals surface area contributed by atoms with E-state index in [-0.39, 0.29) is 36.1 Å². The number of carbonyl (C=O) groups is 1. The number of rotatable bonds is 11. The topological polar surface area (TPSA) is 70.8 Å². The molecule has 1 aromatic carbocycles. The molecule has 0 spiro atoms. The van der Waals surface area contributed by atoms with Gasteiger partial charge in [0.05, 0.1) is 23.3 Å². The maximum atomic E-state index is 12.8. The monoisotopic (exact) mass is 582 g/mol. The number of piperidine rings is 1. The maximum absolute atomic E-state index is 12.8. The minimum atomic E-state index is -0.176. The van der Waals surface area contributed by atoms with Crippen LogP contribution in [0.15, 0.2) is 16.7 Å². The Kier molecular flexibility index (Phi) is 11.8. The van der Waals surface area contributed by atoms with Gasteiger partial charge in [-0.2, -0.15) is 0 Å². The Balaban J connectivity index is 0.00000210. The number of fused-ring (bicyclic) bond motifs is 1. The van der Waals surface area contributed by atoms with Gasteiger partial charge in [-0.3, -0.25) is 4.79 Å². The van der Waals surface area contributed by atoms with Crippen molar-refractivity contribution >= 4 is 41.7 Å². The van der Waals surface area contributed by atoms with Crippen LogP contribution in [0.4, 0.5) is 0 Å². The van der Waals surface area contributed by atoms with Gasteiger partial charge in [0.1, 0.15) is 5.75 Å². The summed E-state index contributed by atoms with van der Waals surface area (Å²) < 4.78 is 12.1. The fourth-order valence-electron chi connectivity index (χ4n) is 6.52. The summed E-state index contributed by atoms with van der Waals surface area (Å²) in [5, 5.41) is 8.62. The molecule has 1 aliphatic heterocycles. The zero-order valence-electron chi connectivity index (χ0n) is 24.0. The largest absolute Gasteiger partial charge is 0.493 e. The average molecular weight is 584 g/mol. The number of aromatic nitrogens is 1. The van der Waals surface area contributed by atoms with Crippen molar-refractivity contribution in [1.29, 1.82) is 0 Å². The van der Waals surface area contributed by atoms with E-state index < -0.39 is 0 Å². The third-order valence-electron chi connectivity index (χ3n) is 8.96. The van der Waals surface area contributed by atoms with Gasteiger partial charge >= 0.3 is 0 Å². The number of likely N-dealkylation sites (tertiary alicyclic amines) is 1. The molecule has 2 saturated carbocycles. The summed E-state index contributed by atoms with van der Waals surface area (Å²) >= 11 is 0. The highest BCUT2D eigenvalue weighted by Crippen LogP contribution is 2.39. The van der Waals surface area contributed by atoms with E-state index in [1.165, 1.54) is 44.9 Å². The van der Waals surface area contributed by atoms with Crippen LogP contribution in [-0.2, 0) is 17.8 Å². The number of nitrogens with zero attached hydrogens (tertiary/aromatic N) is 3. The van der Waals surface area contributed by atoms with Crippen LogP contribution in [0.5, 0.6) is 5.75 Å². The Bertz CT molecular complexity index is 1060. The molecule has 1 N–H and O–H groups in total. The molecule has 7 nitrogen and oxygen atoms in total. The predicted octanol–water partition coefficient (Wildman–Crippen LogP) is 5.86. The lowest BCUT2D eigenvalue weighted by atomic mass is 9.72. The number of carbonyl (C=O) groups excluding carboxylic acids is 1. The van der Waals surface area contributed by atoms with Crippen LogP contribution < -0.4 is 10.1 Å². The fourth-order valence-corrected chi connectivity index (χ4v) is 6.52. The molecule has 220 valence electrons. The molecule has 5 rings (SSSR count). The molecule has 39 heavy (non-hydrogen) atoms. The van der Waals surface area contributed by atoms with Crippen LogP contribution in [0.1, 0.15) is 75.5 Å². The predicted molar refractivity (Wildman–Crippen MR) is 161 cm³/mol. The smallest absolute Gasteiger partial charge is 0.227 e. The van der Waals surface area contributed by atoms with Gasteiger partial charge in [0.25, 0.3) is 0 Å². The van der Waals surface area contributed by atoms with E-state index in [0.29, 0.717) is 5.92 Å². The quantitative estimate of drug-likeness (QED) is 0.357. The second kappa shape index (κ2) is 14.4. The molecule has 3 aliphatic rings. The molecule has 1 saturated heterocycles. The van der Waals surface area contributed by atoms with E-state index in [1.54, 1.807) is 7.05 Å². The van der Waals surface area contributed by atoms with E-state index in [9.17, 15) is 4.79 Å². The van der Waals surface area contributed by atoms with Gasteiger partial charge in [0.2, 0.25) is 5.91 Å². The van der Waals surface area contributed by atoms with E-state index in [0.717, 1.165) is 92.4 Å². The van der Waals surface area contributed by atoms with Gasteiger partial charge in [-0.25, -0.2) is 0 Å². The van der Waals surface area contributed by atoms with Gasteiger partial charge in [-0.1, -0.05) is 24.4 Å². The van der Waals surface area contributed by atoms with Crippen molar-refractivity contribution in [2.24, 2.45) is 17.3 Å². The average Bonchev–Trinajstić information content (AvgIpc) is 3.65. The highest BCUT2D eigenvalue weighted by atomic mass is 35.5. The summed E-state index contributed by atoms with van der Waals surface area (Å²) in [6.45, 7) is 4.69. The number of hydrogen-bond acceptors (Lipinski definition) is 6. The highest BCUT2D eigenvalue weighted by molar-refractivity contribution is 5.86. The SMILES string of the molecule is CNC(=O)C1(CN2CCC(CCc3noc4c(CN(C)C)c(OCC5CC5)ccc34)CC2)CCCCC1.Cl.Cl. The van der Waals surface area contributed by atoms with Crippen molar-refractivity contribution in [2.45, 2.75) is 77.2 Å². The van der Waals surface area contributed by atoms with Gasteiger partial charge < -0.3 is 24.4 Å². The number of aryl methyl sites for hydroxylation is 1. The second-order valence-corrected chi connectivity index (χ2v) is 12.2. The molecule has 1 aromatic heterocycles. The Labute approximate surface area is 246 Å². The van der Waals surface area contributed by atoms with Crippen LogP contribution in [0.25, 0.3) is 11.0 Å². The molecule has 0 unspecified atom stereocenters. The minimum Gasteiger partial charge on any atom is -0.493 e. The summed E-state index contributed by atoms with van der Waals surface area (Å²) in [7, 11) is 5.96. The Morgan fingerprint density at radius 3 is 2.46 bits per heavy atom. The minimum absolute atomic E-state index is 0. The van der Waals surface area contributed by atoms with E-state index in [1.807, 2.05) is 0 Å². The van der Waals surface area contributed by atoms with Crippen molar-refractivity contribution in [3.8, 4) is 5.75 Å². The summed E-state index contributed by atoms with van der Waals surface area (Å²) in [4.78, 5) is 17.5. The number of hydrogen-bond donors (Lipinski definition) is 1. The van der Waals surface area contributed by atoms with Crippen LogP contribution >= 0.6 is 24.8 Å². The van der Waals surface area contributed by atoms with Crippen molar-refractivity contribution in [3.05, 3.63) is 23.4 Å².